The van der Waals surface area contributed by atoms with Gasteiger partial charge in [-0.05, 0) is 48.4 Å². The lowest BCUT2D eigenvalue weighted by Gasteiger charge is -2.10. The number of hydrogen-bond donors (Lipinski definition) is 3. The van der Waals surface area contributed by atoms with E-state index >= 15 is 0 Å². The van der Waals surface area contributed by atoms with Crippen molar-refractivity contribution in [3.63, 3.8) is 0 Å². The van der Waals surface area contributed by atoms with Crippen LogP contribution in [0.1, 0.15) is 11.1 Å². The summed E-state index contributed by atoms with van der Waals surface area (Å²) in [4.78, 5) is 3.13. The summed E-state index contributed by atoms with van der Waals surface area (Å²) in [5.74, 6) is 0.426. The number of rotatable bonds is 7. The van der Waals surface area contributed by atoms with Crippen LogP contribution in [0.3, 0.4) is 0 Å². The highest BCUT2D eigenvalue weighted by Gasteiger charge is 2.28. The molecule has 0 bridgehead atoms. The molecule has 3 rings (SSSR count). The number of ether oxygens (including phenoxy) is 1. The van der Waals surface area contributed by atoms with Crippen LogP contribution in [-0.4, -0.2) is 29.4 Å². The van der Waals surface area contributed by atoms with E-state index in [1.54, 1.807) is 24.3 Å². The fraction of sp³-hybridized carbons (Fsp3) is 0.263. The molecule has 0 amide bonds. The standard InChI is InChI=1S/C19H19F3N2O2/c20-19(21,22)12-26-16-3-1-2-13(8-16)10-23-7-6-14-11-24-18-9-15(25)4-5-17(14)18/h1-5,8-9,11,23-25H,6-7,10,12H2. The molecule has 0 saturated heterocycles. The van der Waals surface area contributed by atoms with E-state index in [0.29, 0.717) is 13.1 Å². The van der Waals surface area contributed by atoms with Crippen molar-refractivity contribution in [1.82, 2.24) is 10.3 Å². The van der Waals surface area contributed by atoms with E-state index in [-0.39, 0.29) is 11.5 Å². The van der Waals surface area contributed by atoms with Gasteiger partial charge in [-0.2, -0.15) is 13.2 Å². The van der Waals surface area contributed by atoms with Gasteiger partial charge < -0.3 is 20.1 Å². The molecule has 0 atom stereocenters. The van der Waals surface area contributed by atoms with Gasteiger partial charge in [0, 0.05) is 29.7 Å². The largest absolute Gasteiger partial charge is 0.508 e. The fourth-order valence-electron chi connectivity index (χ4n) is 2.75. The van der Waals surface area contributed by atoms with Gasteiger partial charge in [0.15, 0.2) is 6.61 Å². The third-order valence-electron chi connectivity index (χ3n) is 3.95. The number of fused-ring (bicyclic) bond motifs is 1. The molecule has 4 nitrogen and oxygen atoms in total. The lowest BCUT2D eigenvalue weighted by molar-refractivity contribution is -0.153. The number of phenolic OH excluding ortho intramolecular Hbond substituents is 1. The van der Waals surface area contributed by atoms with Crippen LogP contribution in [0.5, 0.6) is 11.5 Å². The van der Waals surface area contributed by atoms with E-state index in [1.807, 2.05) is 18.3 Å². The van der Waals surface area contributed by atoms with Crippen LogP contribution in [0.4, 0.5) is 13.2 Å². The van der Waals surface area contributed by atoms with Crippen LogP contribution in [0.2, 0.25) is 0 Å². The summed E-state index contributed by atoms with van der Waals surface area (Å²) < 4.78 is 41.4. The third kappa shape index (κ3) is 4.92. The molecule has 0 saturated carbocycles. The number of H-pyrrole nitrogens is 1. The molecule has 0 fully saturated rings. The minimum absolute atomic E-state index is 0.207. The molecule has 138 valence electrons. The summed E-state index contributed by atoms with van der Waals surface area (Å²) in [5, 5.41) is 13.8. The second-order valence-corrected chi connectivity index (χ2v) is 6.02. The molecular weight excluding hydrogens is 345 g/mol. The molecule has 3 aromatic rings. The summed E-state index contributed by atoms with van der Waals surface area (Å²) in [6.45, 7) is -0.0478. The Bertz CT molecular complexity index is 875. The zero-order valence-electron chi connectivity index (χ0n) is 13.9. The first kappa shape index (κ1) is 18.1. The molecule has 7 heteroatoms. The van der Waals surface area contributed by atoms with Crippen molar-refractivity contribution < 1.29 is 23.0 Å². The molecule has 1 heterocycles. The first-order chi connectivity index (χ1) is 12.4. The van der Waals surface area contributed by atoms with Gasteiger partial charge in [-0.3, -0.25) is 0 Å². The van der Waals surface area contributed by atoms with Gasteiger partial charge in [0.05, 0.1) is 0 Å². The summed E-state index contributed by atoms with van der Waals surface area (Å²) >= 11 is 0. The third-order valence-corrected chi connectivity index (χ3v) is 3.95. The Labute approximate surface area is 148 Å². The van der Waals surface area contributed by atoms with Crippen molar-refractivity contribution in [2.75, 3.05) is 13.2 Å². The second kappa shape index (κ2) is 7.70. The van der Waals surface area contributed by atoms with E-state index in [2.05, 4.69) is 10.3 Å². The van der Waals surface area contributed by atoms with Gasteiger partial charge in [-0.1, -0.05) is 12.1 Å². The SMILES string of the molecule is Oc1ccc2c(CCNCc3cccc(OCC(F)(F)F)c3)c[nH]c2c1. The minimum atomic E-state index is -4.34. The van der Waals surface area contributed by atoms with Crippen LogP contribution in [-0.2, 0) is 13.0 Å². The first-order valence-electron chi connectivity index (χ1n) is 8.19. The van der Waals surface area contributed by atoms with Crippen LogP contribution in [0.25, 0.3) is 10.9 Å². The molecule has 2 aromatic carbocycles. The van der Waals surface area contributed by atoms with Crippen LogP contribution in [0, 0.1) is 0 Å². The molecule has 26 heavy (non-hydrogen) atoms. The number of halogens is 3. The van der Waals surface area contributed by atoms with E-state index in [9.17, 15) is 18.3 Å². The average Bonchev–Trinajstić information content (AvgIpc) is 2.99. The van der Waals surface area contributed by atoms with E-state index in [4.69, 9.17) is 4.74 Å². The van der Waals surface area contributed by atoms with Crippen molar-refractivity contribution in [3.05, 3.63) is 59.8 Å². The highest BCUT2D eigenvalue weighted by Crippen LogP contribution is 2.23. The van der Waals surface area contributed by atoms with Gasteiger partial charge in [-0.15, -0.1) is 0 Å². The molecule has 1 aromatic heterocycles. The number of nitrogens with one attached hydrogen (secondary N) is 2. The zero-order valence-corrected chi connectivity index (χ0v) is 13.9. The molecular formula is C19H19F3N2O2. The van der Waals surface area contributed by atoms with Crippen molar-refractivity contribution in [1.29, 1.82) is 0 Å². The number of aromatic amines is 1. The van der Waals surface area contributed by atoms with Gasteiger partial charge in [-0.25, -0.2) is 0 Å². The normalized spacial score (nSPS) is 11.8. The smallest absolute Gasteiger partial charge is 0.422 e. The van der Waals surface area contributed by atoms with E-state index < -0.39 is 12.8 Å². The van der Waals surface area contributed by atoms with Crippen LogP contribution >= 0.6 is 0 Å². The predicted molar refractivity (Wildman–Crippen MR) is 93.4 cm³/mol. The monoisotopic (exact) mass is 364 g/mol. The molecule has 0 spiro atoms. The second-order valence-electron chi connectivity index (χ2n) is 6.02. The molecule has 3 N–H and O–H groups in total. The zero-order chi connectivity index (χ0) is 18.6. The quantitative estimate of drug-likeness (QED) is 0.552. The number of benzene rings is 2. The minimum Gasteiger partial charge on any atom is -0.508 e. The molecule has 0 radical (unpaired) electrons. The van der Waals surface area contributed by atoms with Crippen molar-refractivity contribution >= 4 is 10.9 Å². The Morgan fingerprint density at radius 1 is 1.12 bits per heavy atom. The summed E-state index contributed by atoms with van der Waals surface area (Å²) in [7, 11) is 0. The molecule has 0 aliphatic rings. The van der Waals surface area contributed by atoms with Gasteiger partial charge >= 0.3 is 6.18 Å². The number of phenols is 1. The average molecular weight is 364 g/mol. The number of alkyl halides is 3. The number of aromatic hydroxyl groups is 1. The predicted octanol–water partition coefficient (Wildman–Crippen LogP) is 4.15. The van der Waals surface area contributed by atoms with Crippen molar-refractivity contribution in [2.24, 2.45) is 0 Å². The maximum Gasteiger partial charge on any atom is 0.422 e. The Balaban J connectivity index is 1.50. The van der Waals surface area contributed by atoms with Crippen molar-refractivity contribution in [3.8, 4) is 11.5 Å². The summed E-state index contributed by atoms with van der Waals surface area (Å²) in [6.07, 6.45) is -1.64. The van der Waals surface area contributed by atoms with E-state index in [0.717, 1.165) is 28.5 Å². The highest BCUT2D eigenvalue weighted by atomic mass is 19.4. The lowest BCUT2D eigenvalue weighted by atomic mass is 10.1. The Kier molecular flexibility index (Phi) is 5.37. The van der Waals surface area contributed by atoms with Crippen LogP contribution in [0.15, 0.2) is 48.7 Å². The maximum absolute atomic E-state index is 12.2. The van der Waals surface area contributed by atoms with Gasteiger partial charge in [0.25, 0.3) is 0 Å². The topological polar surface area (TPSA) is 57.3 Å². The van der Waals surface area contributed by atoms with Crippen molar-refractivity contribution in [2.45, 2.75) is 19.1 Å². The number of aromatic nitrogens is 1. The molecule has 0 aliphatic heterocycles. The first-order valence-corrected chi connectivity index (χ1v) is 8.19. The highest BCUT2D eigenvalue weighted by molar-refractivity contribution is 5.84. The van der Waals surface area contributed by atoms with Gasteiger partial charge in [0.2, 0.25) is 0 Å². The fourth-order valence-corrected chi connectivity index (χ4v) is 2.75. The molecule has 0 aliphatic carbocycles. The maximum atomic E-state index is 12.2. The Hall–Kier alpha value is -2.67. The summed E-state index contributed by atoms with van der Waals surface area (Å²) in [5.41, 5.74) is 2.87. The number of hydrogen-bond acceptors (Lipinski definition) is 3. The van der Waals surface area contributed by atoms with Crippen LogP contribution < -0.4 is 10.1 Å². The lowest BCUT2D eigenvalue weighted by Crippen LogP contribution is -2.19. The Morgan fingerprint density at radius 3 is 2.77 bits per heavy atom. The summed E-state index contributed by atoms with van der Waals surface area (Å²) in [6, 6.07) is 11.8. The van der Waals surface area contributed by atoms with Gasteiger partial charge in [0.1, 0.15) is 11.5 Å². The van der Waals surface area contributed by atoms with E-state index in [1.165, 1.54) is 6.07 Å². The Morgan fingerprint density at radius 2 is 1.96 bits per heavy atom. The molecule has 0 unspecified atom stereocenters.